The summed E-state index contributed by atoms with van der Waals surface area (Å²) in [6.45, 7) is 3.80. The number of carbonyl (C=O) groups excluding carboxylic acids is 3. The van der Waals surface area contributed by atoms with Crippen molar-refractivity contribution in [2.24, 2.45) is 5.92 Å². The van der Waals surface area contributed by atoms with Crippen molar-refractivity contribution in [3.05, 3.63) is 65.7 Å². The van der Waals surface area contributed by atoms with Gasteiger partial charge in [-0.1, -0.05) is 42.5 Å². The third-order valence-electron chi connectivity index (χ3n) is 4.89. The smallest absolute Gasteiger partial charge is 0.311 e. The molecule has 0 bridgehead atoms. The second kappa shape index (κ2) is 8.69. The molecule has 2 aromatic carbocycles. The van der Waals surface area contributed by atoms with E-state index in [9.17, 15) is 14.4 Å². The van der Waals surface area contributed by atoms with Gasteiger partial charge in [0.15, 0.2) is 6.61 Å². The van der Waals surface area contributed by atoms with Crippen LogP contribution in [0.5, 0.6) is 0 Å². The number of anilines is 1. The molecule has 1 saturated heterocycles. The second-order valence-electron chi connectivity index (χ2n) is 7.06. The minimum Gasteiger partial charge on any atom is -0.455 e. The Morgan fingerprint density at radius 3 is 2.64 bits per heavy atom. The lowest BCUT2D eigenvalue weighted by molar-refractivity contribution is -0.151. The topological polar surface area (TPSA) is 75.7 Å². The van der Waals surface area contributed by atoms with Gasteiger partial charge in [0.05, 0.1) is 12.0 Å². The molecule has 0 aliphatic carbocycles. The maximum atomic E-state index is 12.4. The van der Waals surface area contributed by atoms with Gasteiger partial charge in [-0.2, -0.15) is 0 Å². The summed E-state index contributed by atoms with van der Waals surface area (Å²) in [5, 5.41) is 2.69. The van der Waals surface area contributed by atoms with Crippen molar-refractivity contribution in [3.8, 4) is 0 Å². The maximum absolute atomic E-state index is 12.4. The van der Waals surface area contributed by atoms with E-state index in [4.69, 9.17) is 4.74 Å². The van der Waals surface area contributed by atoms with Crippen LogP contribution in [0, 0.1) is 12.8 Å². The molecule has 0 unspecified atom stereocenters. The molecule has 1 N–H and O–H groups in total. The molecule has 2 atom stereocenters. The Bertz CT molecular complexity index is 866. The van der Waals surface area contributed by atoms with Crippen LogP contribution in [-0.4, -0.2) is 35.8 Å². The zero-order chi connectivity index (χ0) is 20.1. The highest BCUT2D eigenvalue weighted by Crippen LogP contribution is 2.29. The average molecular weight is 380 g/mol. The van der Waals surface area contributed by atoms with Gasteiger partial charge in [-0.25, -0.2) is 0 Å². The van der Waals surface area contributed by atoms with Crippen molar-refractivity contribution in [2.75, 3.05) is 18.5 Å². The van der Waals surface area contributed by atoms with Gasteiger partial charge >= 0.3 is 5.97 Å². The molecular formula is C22H24N2O4. The van der Waals surface area contributed by atoms with Gasteiger partial charge in [-0.05, 0) is 37.1 Å². The van der Waals surface area contributed by atoms with E-state index in [2.05, 4.69) is 5.32 Å². The van der Waals surface area contributed by atoms with E-state index in [0.29, 0.717) is 12.2 Å². The van der Waals surface area contributed by atoms with Crippen LogP contribution in [-0.2, 0) is 19.1 Å². The Morgan fingerprint density at radius 1 is 1.18 bits per heavy atom. The molecule has 0 spiro atoms. The fourth-order valence-electron chi connectivity index (χ4n) is 3.35. The van der Waals surface area contributed by atoms with E-state index >= 15 is 0 Å². The first-order chi connectivity index (χ1) is 13.4. The molecule has 2 amide bonds. The van der Waals surface area contributed by atoms with Crippen LogP contribution in [0.4, 0.5) is 5.69 Å². The monoisotopic (exact) mass is 380 g/mol. The minimum absolute atomic E-state index is 0.0810. The average Bonchev–Trinajstić information content (AvgIpc) is 3.08. The summed E-state index contributed by atoms with van der Waals surface area (Å²) in [6, 6.07) is 16.9. The number of hydrogen-bond acceptors (Lipinski definition) is 4. The van der Waals surface area contributed by atoms with Crippen LogP contribution in [0.25, 0.3) is 0 Å². The van der Waals surface area contributed by atoms with E-state index in [1.54, 1.807) is 11.0 Å². The molecule has 28 heavy (non-hydrogen) atoms. The summed E-state index contributed by atoms with van der Waals surface area (Å²) in [7, 11) is 0. The SMILES string of the molecule is Cc1cccc(NC(=O)COC(=O)[C@H]2CC(=O)N([C@H](C)c3ccccc3)C2)c1. The third-order valence-corrected chi connectivity index (χ3v) is 4.89. The number of hydrogen-bond donors (Lipinski definition) is 1. The summed E-state index contributed by atoms with van der Waals surface area (Å²) in [6.07, 6.45) is 0.107. The largest absolute Gasteiger partial charge is 0.455 e. The number of nitrogens with one attached hydrogen (secondary N) is 1. The van der Waals surface area contributed by atoms with Crippen molar-refractivity contribution in [1.82, 2.24) is 4.90 Å². The molecule has 1 aliphatic rings. The Labute approximate surface area is 164 Å². The van der Waals surface area contributed by atoms with Crippen molar-refractivity contribution in [3.63, 3.8) is 0 Å². The highest BCUT2D eigenvalue weighted by atomic mass is 16.5. The number of nitrogens with zero attached hydrogens (tertiary/aromatic N) is 1. The van der Waals surface area contributed by atoms with Gasteiger partial charge in [0.2, 0.25) is 5.91 Å². The van der Waals surface area contributed by atoms with E-state index < -0.39 is 17.8 Å². The Morgan fingerprint density at radius 2 is 1.93 bits per heavy atom. The Balaban J connectivity index is 1.51. The highest BCUT2D eigenvalue weighted by Gasteiger charge is 2.38. The molecule has 0 saturated carbocycles. The van der Waals surface area contributed by atoms with Crippen LogP contribution in [0.1, 0.15) is 30.5 Å². The lowest BCUT2D eigenvalue weighted by Gasteiger charge is -2.25. The van der Waals surface area contributed by atoms with Crippen LogP contribution in [0.15, 0.2) is 54.6 Å². The lowest BCUT2D eigenvalue weighted by Crippen LogP contribution is -2.30. The standard InChI is InChI=1S/C22H24N2O4/c1-15-7-6-10-19(11-15)23-20(25)14-28-22(27)18-12-21(26)24(13-18)16(2)17-8-4-3-5-9-17/h3-11,16,18H,12-14H2,1-2H3,(H,23,25)/t16-,18+/m1/s1. The van der Waals surface area contributed by atoms with Crippen LogP contribution < -0.4 is 5.32 Å². The molecular weight excluding hydrogens is 356 g/mol. The van der Waals surface area contributed by atoms with Crippen molar-refractivity contribution < 1.29 is 19.1 Å². The van der Waals surface area contributed by atoms with Gasteiger partial charge in [-0.3, -0.25) is 14.4 Å². The predicted molar refractivity (Wildman–Crippen MR) is 105 cm³/mol. The first-order valence-corrected chi connectivity index (χ1v) is 9.31. The van der Waals surface area contributed by atoms with Crippen LogP contribution in [0.2, 0.25) is 0 Å². The Kier molecular flexibility index (Phi) is 6.09. The molecule has 6 nitrogen and oxygen atoms in total. The number of aryl methyl sites for hydroxylation is 1. The number of esters is 1. The maximum Gasteiger partial charge on any atom is 0.311 e. The molecule has 0 radical (unpaired) electrons. The second-order valence-corrected chi connectivity index (χ2v) is 7.06. The molecule has 1 fully saturated rings. The summed E-state index contributed by atoms with van der Waals surface area (Å²) in [5.74, 6) is -1.55. The van der Waals surface area contributed by atoms with Crippen LogP contribution in [0.3, 0.4) is 0 Å². The number of benzene rings is 2. The molecule has 0 aromatic heterocycles. The molecule has 1 heterocycles. The highest BCUT2D eigenvalue weighted by molar-refractivity contribution is 5.93. The van der Waals surface area contributed by atoms with Crippen molar-refractivity contribution >= 4 is 23.5 Å². The summed E-state index contributed by atoms with van der Waals surface area (Å²) < 4.78 is 5.14. The van der Waals surface area contributed by atoms with E-state index in [1.165, 1.54) is 0 Å². The molecule has 146 valence electrons. The number of ether oxygens (including phenoxy) is 1. The van der Waals surface area contributed by atoms with Gasteiger partial charge in [0.25, 0.3) is 5.91 Å². The number of amides is 2. The lowest BCUT2D eigenvalue weighted by atomic mass is 10.1. The minimum atomic E-state index is -0.551. The third kappa shape index (κ3) is 4.76. The predicted octanol–water partition coefficient (Wildman–Crippen LogP) is 3.09. The van der Waals surface area contributed by atoms with Crippen LogP contribution >= 0.6 is 0 Å². The van der Waals surface area contributed by atoms with Crippen molar-refractivity contribution in [2.45, 2.75) is 26.3 Å². The first kappa shape index (κ1) is 19.6. The number of rotatable bonds is 6. The normalized spacial score (nSPS) is 17.3. The zero-order valence-electron chi connectivity index (χ0n) is 16.1. The Hall–Kier alpha value is -3.15. The molecule has 1 aliphatic heterocycles. The first-order valence-electron chi connectivity index (χ1n) is 9.31. The summed E-state index contributed by atoms with van der Waals surface area (Å²) in [4.78, 5) is 38.4. The van der Waals surface area contributed by atoms with Gasteiger partial charge in [0, 0.05) is 18.7 Å². The summed E-state index contributed by atoms with van der Waals surface area (Å²) in [5.41, 5.74) is 2.69. The summed E-state index contributed by atoms with van der Waals surface area (Å²) >= 11 is 0. The van der Waals surface area contributed by atoms with Gasteiger partial charge in [0.1, 0.15) is 0 Å². The van der Waals surface area contributed by atoms with Gasteiger partial charge < -0.3 is 15.0 Å². The van der Waals surface area contributed by atoms with Gasteiger partial charge in [-0.15, -0.1) is 0 Å². The van der Waals surface area contributed by atoms with Crippen molar-refractivity contribution in [1.29, 1.82) is 0 Å². The molecule has 2 aromatic rings. The quantitative estimate of drug-likeness (QED) is 0.782. The van der Waals surface area contributed by atoms with E-state index in [-0.39, 0.29) is 25.0 Å². The zero-order valence-corrected chi connectivity index (χ0v) is 16.1. The molecule has 3 rings (SSSR count). The number of likely N-dealkylation sites (tertiary alicyclic amines) is 1. The molecule has 6 heteroatoms. The van der Waals surface area contributed by atoms with E-state index in [0.717, 1.165) is 11.1 Å². The van der Waals surface area contributed by atoms with E-state index in [1.807, 2.05) is 62.4 Å². The fourth-order valence-corrected chi connectivity index (χ4v) is 3.35. The fraction of sp³-hybridized carbons (Fsp3) is 0.318. The number of carbonyl (C=O) groups is 3.